The van der Waals surface area contributed by atoms with Crippen molar-refractivity contribution in [3.05, 3.63) is 72.2 Å². The zero-order chi connectivity index (χ0) is 25.2. The van der Waals surface area contributed by atoms with E-state index in [1.807, 2.05) is 0 Å². The number of rotatable bonds is 6. The molecule has 3 heterocycles. The Kier molecular flexibility index (Phi) is 6.81. The number of alkyl halides is 3. The summed E-state index contributed by atoms with van der Waals surface area (Å²) in [6.45, 7) is 0.0969. The number of hydrogen-bond donors (Lipinski definition) is 1. The third-order valence-corrected chi connectivity index (χ3v) is 7.37. The first-order valence-corrected chi connectivity index (χ1v) is 11.9. The van der Waals surface area contributed by atoms with E-state index >= 15 is 0 Å². The number of hydrogen-bond acceptors (Lipinski definition) is 6. The number of amides is 1. The topological polar surface area (TPSA) is 105 Å². The lowest BCUT2D eigenvalue weighted by Gasteiger charge is -2.23. The zero-order valence-electron chi connectivity index (χ0n) is 18.0. The largest absolute Gasteiger partial charge is 0.433 e. The Bertz CT molecular complexity index is 1320. The molecular formula is C22H19F4N5O3S. The molecule has 1 aliphatic rings. The summed E-state index contributed by atoms with van der Waals surface area (Å²) in [5.41, 5.74) is -0.0131. The van der Waals surface area contributed by atoms with Crippen molar-refractivity contribution in [1.29, 1.82) is 0 Å². The predicted molar refractivity (Wildman–Crippen MR) is 115 cm³/mol. The first-order valence-electron chi connectivity index (χ1n) is 10.5. The van der Waals surface area contributed by atoms with E-state index in [0.29, 0.717) is 29.8 Å². The summed E-state index contributed by atoms with van der Waals surface area (Å²) in [5, 5.41) is 2.65. The standard InChI is InChI=1S/C22H19F4N5O3S/c23-15-4-6-17(7-5-15)35(33,34)31-9-1-2-19(31)21(32)28-12-16-10-18(30-13-29-16)14-3-8-20(27-11-14)22(24,25)26/h3-8,10-11,13,19H,1-2,9,12H2,(H,28,32). The van der Waals surface area contributed by atoms with Crippen LogP contribution in [0.3, 0.4) is 0 Å². The van der Waals surface area contributed by atoms with Crippen LogP contribution < -0.4 is 5.32 Å². The van der Waals surface area contributed by atoms with Crippen LogP contribution in [0.5, 0.6) is 0 Å². The maximum Gasteiger partial charge on any atom is 0.433 e. The molecule has 2 aromatic heterocycles. The fourth-order valence-electron chi connectivity index (χ4n) is 3.69. The van der Waals surface area contributed by atoms with Crippen molar-refractivity contribution in [2.45, 2.75) is 36.5 Å². The van der Waals surface area contributed by atoms with Gasteiger partial charge in [-0.05, 0) is 55.3 Å². The van der Waals surface area contributed by atoms with Gasteiger partial charge in [-0.15, -0.1) is 0 Å². The third-order valence-electron chi connectivity index (χ3n) is 5.44. The smallest absolute Gasteiger partial charge is 0.349 e. The Balaban J connectivity index is 1.44. The van der Waals surface area contributed by atoms with E-state index in [4.69, 9.17) is 0 Å². The Morgan fingerprint density at radius 2 is 1.83 bits per heavy atom. The van der Waals surface area contributed by atoms with E-state index in [0.717, 1.165) is 40.8 Å². The summed E-state index contributed by atoms with van der Waals surface area (Å²) >= 11 is 0. The Morgan fingerprint density at radius 1 is 1.09 bits per heavy atom. The molecule has 35 heavy (non-hydrogen) atoms. The Morgan fingerprint density at radius 3 is 2.49 bits per heavy atom. The summed E-state index contributed by atoms with van der Waals surface area (Å²) in [6, 6.07) is 7.00. The highest BCUT2D eigenvalue weighted by atomic mass is 32.2. The fourth-order valence-corrected chi connectivity index (χ4v) is 5.35. The number of nitrogens with one attached hydrogen (secondary N) is 1. The van der Waals surface area contributed by atoms with Crippen LogP contribution >= 0.6 is 0 Å². The molecule has 3 aromatic rings. The van der Waals surface area contributed by atoms with Crippen LogP contribution in [-0.2, 0) is 27.5 Å². The highest BCUT2D eigenvalue weighted by Gasteiger charge is 2.39. The van der Waals surface area contributed by atoms with E-state index in [2.05, 4.69) is 20.3 Å². The van der Waals surface area contributed by atoms with Gasteiger partial charge in [0, 0.05) is 18.3 Å². The van der Waals surface area contributed by atoms with Crippen molar-refractivity contribution >= 4 is 15.9 Å². The quantitative estimate of drug-likeness (QED) is 0.512. The zero-order valence-corrected chi connectivity index (χ0v) is 18.9. The monoisotopic (exact) mass is 509 g/mol. The molecule has 1 saturated heterocycles. The number of aromatic nitrogens is 3. The number of halogens is 4. The number of carbonyl (C=O) groups excluding carboxylic acids is 1. The molecule has 1 atom stereocenters. The van der Waals surface area contributed by atoms with Crippen molar-refractivity contribution < 1.29 is 30.8 Å². The third kappa shape index (κ3) is 5.46. The SMILES string of the molecule is O=C(NCc1cc(-c2ccc(C(F)(F)F)nc2)ncn1)C1CCCN1S(=O)(=O)c1ccc(F)cc1. The van der Waals surface area contributed by atoms with Gasteiger partial charge in [-0.3, -0.25) is 9.78 Å². The second kappa shape index (κ2) is 9.66. The minimum atomic E-state index is -4.56. The molecule has 1 aromatic carbocycles. The summed E-state index contributed by atoms with van der Waals surface area (Å²) in [6.07, 6.45) is -1.51. The van der Waals surface area contributed by atoms with Crippen LogP contribution in [0.1, 0.15) is 24.2 Å². The molecule has 0 spiro atoms. The average molecular weight is 509 g/mol. The molecule has 1 N–H and O–H groups in total. The molecular weight excluding hydrogens is 490 g/mol. The van der Waals surface area contributed by atoms with Crippen LogP contribution in [-0.4, -0.2) is 46.2 Å². The van der Waals surface area contributed by atoms with Gasteiger partial charge >= 0.3 is 6.18 Å². The number of nitrogens with zero attached hydrogens (tertiary/aromatic N) is 4. The van der Waals surface area contributed by atoms with Crippen molar-refractivity contribution in [1.82, 2.24) is 24.6 Å². The Labute approximate surface area is 198 Å². The lowest BCUT2D eigenvalue weighted by molar-refractivity contribution is -0.141. The molecule has 184 valence electrons. The van der Waals surface area contributed by atoms with Gasteiger partial charge in [-0.1, -0.05) is 0 Å². The van der Waals surface area contributed by atoms with Crippen LogP contribution in [0.4, 0.5) is 17.6 Å². The molecule has 1 unspecified atom stereocenters. The van der Waals surface area contributed by atoms with Gasteiger partial charge in [-0.2, -0.15) is 17.5 Å². The predicted octanol–water partition coefficient (Wildman–Crippen LogP) is 3.17. The van der Waals surface area contributed by atoms with E-state index in [1.54, 1.807) is 0 Å². The van der Waals surface area contributed by atoms with Gasteiger partial charge in [0.25, 0.3) is 0 Å². The van der Waals surface area contributed by atoms with Crippen molar-refractivity contribution in [2.75, 3.05) is 6.54 Å². The van der Waals surface area contributed by atoms with Gasteiger partial charge < -0.3 is 5.32 Å². The highest BCUT2D eigenvalue weighted by molar-refractivity contribution is 7.89. The molecule has 4 rings (SSSR count). The normalized spacial score (nSPS) is 16.9. The molecule has 1 amide bonds. The molecule has 0 bridgehead atoms. The van der Waals surface area contributed by atoms with Crippen molar-refractivity contribution in [2.24, 2.45) is 0 Å². The van der Waals surface area contributed by atoms with Gasteiger partial charge in [0.05, 0.1) is 22.8 Å². The van der Waals surface area contributed by atoms with Gasteiger partial charge in [-0.25, -0.2) is 22.8 Å². The minimum absolute atomic E-state index is 0.0522. The first kappa shape index (κ1) is 24.7. The van der Waals surface area contributed by atoms with Crippen LogP contribution in [0, 0.1) is 5.82 Å². The lowest BCUT2D eigenvalue weighted by Crippen LogP contribution is -2.45. The van der Waals surface area contributed by atoms with Gasteiger partial charge in [0.15, 0.2) is 0 Å². The number of sulfonamides is 1. The number of benzene rings is 1. The maximum absolute atomic E-state index is 13.2. The van der Waals surface area contributed by atoms with Crippen LogP contribution in [0.2, 0.25) is 0 Å². The van der Waals surface area contributed by atoms with E-state index in [1.165, 1.54) is 18.5 Å². The summed E-state index contributed by atoms with van der Waals surface area (Å²) in [4.78, 5) is 24.2. The lowest BCUT2D eigenvalue weighted by atomic mass is 10.1. The molecule has 0 saturated carbocycles. The summed E-state index contributed by atoms with van der Waals surface area (Å²) < 4.78 is 78.3. The molecule has 1 fully saturated rings. The van der Waals surface area contributed by atoms with Gasteiger partial charge in [0.1, 0.15) is 23.9 Å². The van der Waals surface area contributed by atoms with Crippen molar-refractivity contribution in [3.8, 4) is 11.3 Å². The molecule has 8 nitrogen and oxygen atoms in total. The first-order chi connectivity index (χ1) is 16.6. The Hall–Kier alpha value is -3.45. The van der Waals surface area contributed by atoms with Gasteiger partial charge in [0.2, 0.25) is 15.9 Å². The van der Waals surface area contributed by atoms with E-state index in [-0.39, 0.29) is 18.0 Å². The molecule has 0 radical (unpaired) electrons. The summed E-state index contributed by atoms with van der Waals surface area (Å²) in [5.74, 6) is -1.10. The number of carbonyl (C=O) groups is 1. The second-order valence-electron chi connectivity index (χ2n) is 7.77. The molecule has 13 heteroatoms. The van der Waals surface area contributed by atoms with E-state index in [9.17, 15) is 30.8 Å². The fraction of sp³-hybridized carbons (Fsp3) is 0.273. The molecule has 0 aliphatic carbocycles. The maximum atomic E-state index is 13.2. The van der Waals surface area contributed by atoms with Crippen molar-refractivity contribution in [3.63, 3.8) is 0 Å². The van der Waals surface area contributed by atoms with E-state index < -0.39 is 39.7 Å². The average Bonchev–Trinajstić information content (AvgIpc) is 3.34. The van der Waals surface area contributed by atoms with Crippen LogP contribution in [0.25, 0.3) is 11.3 Å². The summed E-state index contributed by atoms with van der Waals surface area (Å²) in [7, 11) is -4.00. The molecule has 1 aliphatic heterocycles. The minimum Gasteiger partial charge on any atom is -0.349 e. The van der Waals surface area contributed by atoms with Crippen LogP contribution in [0.15, 0.2) is 59.9 Å². The number of pyridine rings is 1. The second-order valence-corrected chi connectivity index (χ2v) is 9.66. The highest BCUT2D eigenvalue weighted by Crippen LogP contribution is 2.29.